The zero-order valence-corrected chi connectivity index (χ0v) is 20.7. The molecule has 0 fully saturated rings. The number of nitrogens with one attached hydrogen (secondary N) is 1. The molecule has 184 valence electrons. The van der Waals surface area contributed by atoms with Gasteiger partial charge in [-0.15, -0.1) is 0 Å². The summed E-state index contributed by atoms with van der Waals surface area (Å²) in [5.41, 5.74) is 11.9. The molecule has 1 aliphatic heterocycles. The van der Waals surface area contributed by atoms with E-state index in [4.69, 9.17) is 20.2 Å². The van der Waals surface area contributed by atoms with Gasteiger partial charge in [-0.1, -0.05) is 42.0 Å². The maximum Gasteiger partial charge on any atom is 0.332 e. The highest BCUT2D eigenvalue weighted by atomic mass is 16.5. The number of aryl methyl sites for hydroxylation is 3. The smallest absolute Gasteiger partial charge is 0.332 e. The first kappa shape index (κ1) is 24.4. The number of amides is 2. The lowest BCUT2D eigenvalue weighted by Crippen LogP contribution is -2.47. The molecule has 2 aromatic carbocycles. The van der Waals surface area contributed by atoms with Crippen LogP contribution < -0.4 is 22.2 Å². The van der Waals surface area contributed by atoms with Gasteiger partial charge in [0.15, 0.2) is 6.23 Å². The summed E-state index contributed by atoms with van der Waals surface area (Å²) < 4.78 is 14.7. The number of aromatic nitrogens is 2. The van der Waals surface area contributed by atoms with Crippen LogP contribution in [0.1, 0.15) is 34.6 Å². The maximum absolute atomic E-state index is 14.0. The van der Waals surface area contributed by atoms with Gasteiger partial charge in [0.05, 0.1) is 11.4 Å². The highest BCUT2D eigenvalue weighted by molar-refractivity contribution is 5.71. The summed E-state index contributed by atoms with van der Waals surface area (Å²) in [5, 5.41) is 2.56. The van der Waals surface area contributed by atoms with Crippen molar-refractivity contribution in [2.75, 3.05) is 20.8 Å². The number of rotatable bonds is 6. The van der Waals surface area contributed by atoms with E-state index < -0.39 is 18.4 Å². The average Bonchev–Trinajstić information content (AvgIpc) is 2.81. The Hall–Kier alpha value is -3.69. The minimum atomic E-state index is -0.676. The second-order valence-electron chi connectivity index (χ2n) is 8.71. The van der Waals surface area contributed by atoms with E-state index in [9.17, 15) is 9.59 Å². The molecule has 2 unspecified atom stereocenters. The van der Waals surface area contributed by atoms with Crippen LogP contribution in [0.3, 0.4) is 0 Å². The monoisotopic (exact) mass is 477 g/mol. The second-order valence-corrected chi connectivity index (χ2v) is 8.71. The Labute approximate surface area is 203 Å². The van der Waals surface area contributed by atoms with Crippen molar-refractivity contribution in [3.8, 4) is 11.3 Å². The van der Waals surface area contributed by atoms with Gasteiger partial charge < -0.3 is 20.5 Å². The molecule has 0 spiro atoms. The fourth-order valence-electron chi connectivity index (χ4n) is 4.85. The van der Waals surface area contributed by atoms with Crippen molar-refractivity contribution in [3.63, 3.8) is 0 Å². The number of carbonyl (C=O) groups excluding carboxylic acids is 1. The molecular weight excluding hydrogens is 446 g/mol. The van der Waals surface area contributed by atoms with Crippen molar-refractivity contribution in [2.24, 2.45) is 10.7 Å². The second kappa shape index (κ2) is 9.89. The first-order valence-corrected chi connectivity index (χ1v) is 11.4. The van der Waals surface area contributed by atoms with Crippen LogP contribution in [0.15, 0.2) is 52.3 Å². The Morgan fingerprint density at radius 1 is 1.09 bits per heavy atom. The van der Waals surface area contributed by atoms with Crippen LogP contribution in [0.4, 0.5) is 10.5 Å². The van der Waals surface area contributed by atoms with Gasteiger partial charge in [-0.25, -0.2) is 14.6 Å². The Kier molecular flexibility index (Phi) is 6.90. The molecule has 3 N–H and O–H groups in total. The molecule has 0 radical (unpaired) electrons. The van der Waals surface area contributed by atoms with Crippen LogP contribution in [0, 0.1) is 20.8 Å². The predicted octanol–water partition coefficient (Wildman–Crippen LogP) is 2.99. The number of methoxy groups -OCH3 is 2. The molecule has 9 heteroatoms. The topological polar surface area (TPSA) is 113 Å². The number of hydrogen-bond acceptors (Lipinski definition) is 5. The van der Waals surface area contributed by atoms with E-state index in [1.54, 1.807) is 18.8 Å². The zero-order valence-electron chi connectivity index (χ0n) is 20.7. The third-order valence-corrected chi connectivity index (χ3v) is 6.29. The Balaban J connectivity index is 2.04. The summed E-state index contributed by atoms with van der Waals surface area (Å²) in [5.74, 6) is 0. The highest BCUT2D eigenvalue weighted by Gasteiger charge is 2.35. The van der Waals surface area contributed by atoms with Gasteiger partial charge in [-0.3, -0.25) is 9.13 Å². The molecule has 0 bridgehead atoms. The number of carbonyl (C=O) groups is 1. The number of nitrogens with two attached hydrogens (primary N) is 1. The summed E-state index contributed by atoms with van der Waals surface area (Å²) in [4.78, 5) is 30.2. The van der Waals surface area contributed by atoms with Gasteiger partial charge in [-0.2, -0.15) is 0 Å². The molecule has 4 rings (SSSR count). The predicted molar refractivity (Wildman–Crippen MR) is 133 cm³/mol. The number of primary amides is 1. The fraction of sp³-hybridized carbons (Fsp3) is 0.346. The van der Waals surface area contributed by atoms with Crippen molar-refractivity contribution in [1.29, 1.82) is 0 Å². The standard InChI is InChI=1S/C26H31N5O4/c1-15-12-16(2)22(17(3)13-15)29-21-14-20-18-8-6-7-9-19(18)23(34-4)24(35-5)31(20)26(33)30(21)11-10-28-25(27)32/h6-9,12-14,23-24H,10-11H2,1-5H3,(H3,27,28,32). The van der Waals surface area contributed by atoms with E-state index >= 15 is 0 Å². The van der Waals surface area contributed by atoms with Crippen LogP contribution in [-0.4, -0.2) is 35.9 Å². The summed E-state index contributed by atoms with van der Waals surface area (Å²) >= 11 is 0. The van der Waals surface area contributed by atoms with E-state index in [1.807, 2.05) is 51.1 Å². The van der Waals surface area contributed by atoms with Crippen LogP contribution in [0.5, 0.6) is 0 Å². The molecular formula is C26H31N5O4. The van der Waals surface area contributed by atoms with E-state index in [0.29, 0.717) is 11.2 Å². The quantitative estimate of drug-likeness (QED) is 0.568. The molecule has 2 atom stereocenters. The average molecular weight is 478 g/mol. The number of nitrogens with zero attached hydrogens (tertiary/aromatic N) is 3. The van der Waals surface area contributed by atoms with Crippen LogP contribution >= 0.6 is 0 Å². The molecule has 2 amide bonds. The van der Waals surface area contributed by atoms with Gasteiger partial charge in [-0.05, 0) is 37.5 Å². The molecule has 0 saturated carbocycles. The molecule has 2 heterocycles. The minimum Gasteiger partial charge on any atom is -0.372 e. The molecule has 9 nitrogen and oxygen atoms in total. The Morgan fingerprint density at radius 3 is 2.40 bits per heavy atom. The van der Waals surface area contributed by atoms with Gasteiger partial charge >= 0.3 is 11.7 Å². The zero-order chi connectivity index (χ0) is 25.3. The molecule has 3 aromatic rings. The van der Waals surface area contributed by atoms with Crippen molar-refractivity contribution >= 4 is 11.7 Å². The number of benzene rings is 2. The van der Waals surface area contributed by atoms with Crippen molar-refractivity contribution in [2.45, 2.75) is 39.6 Å². The van der Waals surface area contributed by atoms with Crippen molar-refractivity contribution < 1.29 is 14.3 Å². The number of urea groups is 1. The first-order valence-electron chi connectivity index (χ1n) is 11.4. The molecule has 1 aromatic heterocycles. The number of ether oxygens (including phenoxy) is 2. The highest BCUT2D eigenvalue weighted by Crippen LogP contribution is 2.41. The van der Waals surface area contributed by atoms with Gasteiger partial charge in [0.25, 0.3) is 0 Å². The van der Waals surface area contributed by atoms with Crippen LogP contribution in [-0.2, 0) is 16.0 Å². The fourth-order valence-corrected chi connectivity index (χ4v) is 4.85. The number of fused-ring (bicyclic) bond motifs is 3. The van der Waals surface area contributed by atoms with Crippen molar-refractivity contribution in [3.05, 3.63) is 80.7 Å². The van der Waals surface area contributed by atoms with Crippen LogP contribution in [0.25, 0.3) is 11.3 Å². The molecule has 1 aliphatic rings. The first-order chi connectivity index (χ1) is 16.8. The van der Waals surface area contributed by atoms with E-state index in [-0.39, 0.29) is 18.8 Å². The summed E-state index contributed by atoms with van der Waals surface area (Å²) in [6, 6.07) is 13.2. The lowest BCUT2D eigenvalue weighted by atomic mass is 9.94. The normalized spacial score (nSPS) is 17.1. The minimum absolute atomic E-state index is 0.172. The summed E-state index contributed by atoms with van der Waals surface area (Å²) in [6.07, 6.45) is -1.15. The van der Waals surface area contributed by atoms with Crippen LogP contribution in [0.2, 0.25) is 0 Å². The largest absolute Gasteiger partial charge is 0.372 e. The Bertz CT molecular complexity index is 1380. The summed E-state index contributed by atoms with van der Waals surface area (Å²) in [7, 11) is 3.15. The molecule has 0 aliphatic carbocycles. The SMILES string of the molecule is COC1c2ccccc2-c2cc(=Nc3c(C)cc(C)cc3C)n(CCNC(N)=O)c(=O)n2C1OC. The molecule has 35 heavy (non-hydrogen) atoms. The molecule has 0 saturated heterocycles. The lowest BCUT2D eigenvalue weighted by molar-refractivity contribution is -0.0839. The lowest BCUT2D eigenvalue weighted by Gasteiger charge is -2.35. The van der Waals surface area contributed by atoms with E-state index in [0.717, 1.165) is 33.5 Å². The third-order valence-electron chi connectivity index (χ3n) is 6.29. The van der Waals surface area contributed by atoms with Gasteiger partial charge in [0.2, 0.25) is 0 Å². The third kappa shape index (κ3) is 4.52. The van der Waals surface area contributed by atoms with Crippen molar-refractivity contribution in [1.82, 2.24) is 14.5 Å². The van der Waals surface area contributed by atoms with Gasteiger partial charge in [0, 0.05) is 38.9 Å². The van der Waals surface area contributed by atoms with Gasteiger partial charge in [0.1, 0.15) is 11.6 Å². The summed E-state index contributed by atoms with van der Waals surface area (Å²) in [6.45, 7) is 6.40. The number of hydrogen-bond donors (Lipinski definition) is 2. The Morgan fingerprint density at radius 2 is 1.77 bits per heavy atom. The maximum atomic E-state index is 14.0. The van der Waals surface area contributed by atoms with E-state index in [2.05, 4.69) is 17.4 Å². The van der Waals surface area contributed by atoms with E-state index in [1.165, 1.54) is 4.57 Å².